The third-order valence-electron chi connectivity index (χ3n) is 3.76. The summed E-state index contributed by atoms with van der Waals surface area (Å²) in [6.07, 6.45) is 3.01. The average molecular weight is 476 g/mol. The Hall–Kier alpha value is -2.71. The fourth-order valence-electron chi connectivity index (χ4n) is 2.22. The molecule has 3 N–H and O–H groups in total. The Morgan fingerprint density at radius 3 is 2.52 bits per heavy atom. The van der Waals surface area contributed by atoms with Gasteiger partial charge in [0.25, 0.3) is 5.91 Å². The first kappa shape index (κ1) is 22.6. The minimum Gasteiger partial charge on any atom is -0.483 e. The van der Waals surface area contributed by atoms with Gasteiger partial charge in [-0.1, -0.05) is 50.2 Å². The van der Waals surface area contributed by atoms with Gasteiger partial charge in [0.15, 0.2) is 11.7 Å². The summed E-state index contributed by atoms with van der Waals surface area (Å²) in [7, 11) is 0. The Bertz CT molecular complexity index is 901. The average Bonchev–Trinajstić information content (AvgIpc) is 2.70. The number of carbonyl (C=O) groups is 2. The molecule has 0 aromatic heterocycles. The SMILES string of the molecule is CC(C)c1ccc(OCC(=O)NNC(=S)NC(=O)C=Cc2ccccc2)c(Br)c1. The second-order valence-corrected chi connectivity index (χ2v) is 7.63. The van der Waals surface area contributed by atoms with Gasteiger partial charge in [-0.3, -0.25) is 25.8 Å². The van der Waals surface area contributed by atoms with Crippen LogP contribution >= 0.6 is 28.1 Å². The van der Waals surface area contributed by atoms with Gasteiger partial charge in [-0.25, -0.2) is 0 Å². The number of hydrazine groups is 1. The van der Waals surface area contributed by atoms with Crippen molar-refractivity contribution in [2.45, 2.75) is 19.8 Å². The number of halogens is 1. The number of hydrogen-bond acceptors (Lipinski definition) is 4. The molecule has 0 saturated heterocycles. The van der Waals surface area contributed by atoms with Gasteiger partial charge in [0.2, 0.25) is 5.91 Å². The number of ether oxygens (including phenoxy) is 1. The van der Waals surface area contributed by atoms with Crippen LogP contribution in [0.3, 0.4) is 0 Å². The van der Waals surface area contributed by atoms with Gasteiger partial charge in [0.05, 0.1) is 4.47 Å². The van der Waals surface area contributed by atoms with Crippen LogP contribution in [0.2, 0.25) is 0 Å². The summed E-state index contributed by atoms with van der Waals surface area (Å²) >= 11 is 8.42. The van der Waals surface area contributed by atoms with Gasteiger partial charge >= 0.3 is 0 Å². The molecule has 2 rings (SSSR count). The topological polar surface area (TPSA) is 79.5 Å². The number of carbonyl (C=O) groups excluding carboxylic acids is 2. The maximum atomic E-state index is 11.9. The molecule has 152 valence electrons. The monoisotopic (exact) mass is 475 g/mol. The summed E-state index contributed by atoms with van der Waals surface area (Å²) in [5.41, 5.74) is 6.89. The van der Waals surface area contributed by atoms with Crippen molar-refractivity contribution in [1.82, 2.24) is 16.2 Å². The number of hydrogen-bond donors (Lipinski definition) is 3. The Morgan fingerprint density at radius 1 is 1.14 bits per heavy atom. The van der Waals surface area contributed by atoms with E-state index in [2.05, 4.69) is 45.9 Å². The molecule has 8 heteroatoms. The molecule has 0 saturated carbocycles. The van der Waals surface area contributed by atoms with Crippen molar-refractivity contribution in [3.8, 4) is 5.75 Å². The molecule has 2 amide bonds. The van der Waals surface area contributed by atoms with E-state index in [-0.39, 0.29) is 11.7 Å². The molecule has 6 nitrogen and oxygen atoms in total. The highest BCUT2D eigenvalue weighted by molar-refractivity contribution is 9.10. The molecule has 0 radical (unpaired) electrons. The number of amides is 2. The van der Waals surface area contributed by atoms with E-state index in [0.717, 1.165) is 15.6 Å². The molecule has 0 heterocycles. The van der Waals surface area contributed by atoms with Crippen LogP contribution in [0, 0.1) is 0 Å². The van der Waals surface area contributed by atoms with Crippen molar-refractivity contribution >= 4 is 51.2 Å². The number of thiocarbonyl (C=S) groups is 1. The lowest BCUT2D eigenvalue weighted by molar-refractivity contribution is -0.123. The second-order valence-electron chi connectivity index (χ2n) is 6.37. The van der Waals surface area contributed by atoms with Crippen molar-refractivity contribution in [3.05, 3.63) is 70.2 Å². The third-order valence-corrected chi connectivity index (χ3v) is 4.58. The largest absolute Gasteiger partial charge is 0.483 e. The Morgan fingerprint density at radius 2 is 1.86 bits per heavy atom. The standard InChI is InChI=1S/C21H22BrN3O3S/c1-14(2)16-9-10-18(17(22)12-16)28-13-20(27)24-25-21(29)23-19(26)11-8-15-6-4-3-5-7-15/h3-12,14H,13H2,1-2H3,(H,24,27)(H2,23,25,26,29). The molecular formula is C21H22BrN3O3S. The van der Waals surface area contributed by atoms with Crippen LogP contribution in [0.25, 0.3) is 6.08 Å². The fraction of sp³-hybridized carbons (Fsp3) is 0.190. The lowest BCUT2D eigenvalue weighted by atomic mass is 10.0. The summed E-state index contributed by atoms with van der Waals surface area (Å²) in [4.78, 5) is 23.7. The molecule has 0 bridgehead atoms. The number of rotatable bonds is 6. The summed E-state index contributed by atoms with van der Waals surface area (Å²) in [6, 6.07) is 15.1. The van der Waals surface area contributed by atoms with E-state index in [1.165, 1.54) is 6.08 Å². The molecule has 0 unspecified atom stereocenters. The zero-order valence-corrected chi connectivity index (χ0v) is 18.5. The molecule has 0 spiro atoms. The fourth-order valence-corrected chi connectivity index (χ4v) is 2.88. The smallest absolute Gasteiger partial charge is 0.276 e. The van der Waals surface area contributed by atoms with Crippen molar-refractivity contribution in [1.29, 1.82) is 0 Å². The molecule has 2 aromatic rings. The third kappa shape index (κ3) is 8.05. The minimum atomic E-state index is -0.443. The van der Waals surface area contributed by atoms with E-state index in [0.29, 0.717) is 11.7 Å². The quantitative estimate of drug-likeness (QED) is 0.337. The zero-order chi connectivity index (χ0) is 21.2. The highest BCUT2D eigenvalue weighted by Crippen LogP contribution is 2.28. The first-order valence-electron chi connectivity index (χ1n) is 8.90. The normalized spacial score (nSPS) is 10.6. The van der Waals surface area contributed by atoms with Gasteiger partial charge in [0, 0.05) is 6.08 Å². The molecule has 0 aliphatic heterocycles. The minimum absolute atomic E-state index is 0.0245. The van der Waals surface area contributed by atoms with Crippen molar-refractivity contribution < 1.29 is 14.3 Å². The van der Waals surface area contributed by atoms with E-state index >= 15 is 0 Å². The van der Waals surface area contributed by atoms with Gasteiger partial charge in [0.1, 0.15) is 5.75 Å². The first-order chi connectivity index (χ1) is 13.8. The van der Waals surface area contributed by atoms with Crippen LogP contribution in [0.4, 0.5) is 0 Å². The Balaban J connectivity index is 1.72. The molecule has 29 heavy (non-hydrogen) atoms. The van der Waals surface area contributed by atoms with E-state index in [4.69, 9.17) is 17.0 Å². The predicted octanol–water partition coefficient (Wildman–Crippen LogP) is 3.69. The van der Waals surface area contributed by atoms with Crippen LogP contribution in [-0.4, -0.2) is 23.5 Å². The summed E-state index contributed by atoms with van der Waals surface area (Å²) in [6.45, 7) is 3.98. The Kier molecular flexibility index (Phi) is 8.82. The Labute approximate surface area is 183 Å². The van der Waals surface area contributed by atoms with Gasteiger partial charge < -0.3 is 4.74 Å². The summed E-state index contributed by atoms with van der Waals surface area (Å²) in [5, 5.41) is 2.41. The van der Waals surface area contributed by atoms with E-state index in [9.17, 15) is 9.59 Å². The van der Waals surface area contributed by atoms with Crippen LogP contribution in [0.15, 0.2) is 59.1 Å². The van der Waals surface area contributed by atoms with E-state index in [1.54, 1.807) is 6.08 Å². The lowest BCUT2D eigenvalue weighted by Gasteiger charge is -2.12. The van der Waals surface area contributed by atoms with Crippen LogP contribution < -0.4 is 20.9 Å². The molecule has 0 fully saturated rings. The summed E-state index contributed by atoms with van der Waals surface area (Å²) < 4.78 is 6.27. The summed E-state index contributed by atoms with van der Waals surface area (Å²) in [5.74, 6) is 0.102. The highest BCUT2D eigenvalue weighted by atomic mass is 79.9. The van der Waals surface area contributed by atoms with Crippen LogP contribution in [-0.2, 0) is 9.59 Å². The molecular weight excluding hydrogens is 454 g/mol. The maximum absolute atomic E-state index is 11.9. The maximum Gasteiger partial charge on any atom is 0.276 e. The molecule has 0 atom stereocenters. The van der Waals surface area contributed by atoms with Crippen LogP contribution in [0.5, 0.6) is 5.75 Å². The van der Waals surface area contributed by atoms with Gasteiger partial charge in [-0.2, -0.15) is 0 Å². The number of nitrogens with one attached hydrogen (secondary N) is 3. The van der Waals surface area contributed by atoms with Crippen molar-refractivity contribution in [2.75, 3.05) is 6.61 Å². The number of benzene rings is 2. The second kappa shape index (κ2) is 11.3. The van der Waals surface area contributed by atoms with Crippen LogP contribution in [0.1, 0.15) is 30.9 Å². The highest BCUT2D eigenvalue weighted by Gasteiger charge is 2.09. The molecule has 0 aliphatic rings. The lowest BCUT2D eigenvalue weighted by Crippen LogP contribution is -2.49. The van der Waals surface area contributed by atoms with Gasteiger partial charge in [-0.15, -0.1) is 0 Å². The predicted molar refractivity (Wildman–Crippen MR) is 121 cm³/mol. The van der Waals surface area contributed by atoms with E-state index < -0.39 is 11.8 Å². The van der Waals surface area contributed by atoms with Crippen molar-refractivity contribution in [3.63, 3.8) is 0 Å². The van der Waals surface area contributed by atoms with Crippen molar-refractivity contribution in [2.24, 2.45) is 0 Å². The van der Waals surface area contributed by atoms with Gasteiger partial charge in [-0.05, 0) is 63.4 Å². The van der Waals surface area contributed by atoms with E-state index in [1.807, 2.05) is 48.5 Å². The molecule has 2 aromatic carbocycles. The molecule has 0 aliphatic carbocycles. The first-order valence-corrected chi connectivity index (χ1v) is 10.1. The zero-order valence-electron chi connectivity index (χ0n) is 16.1.